The summed E-state index contributed by atoms with van der Waals surface area (Å²) in [6.45, 7) is 9.81. The third kappa shape index (κ3) is 29.8. The number of unbranched alkanes of at least 4 members (excludes halogenated alkanes) is 14. The molecule has 11 nitrogen and oxygen atoms in total. The summed E-state index contributed by atoms with van der Waals surface area (Å²) in [5.74, 6) is -0.675. The average Bonchev–Trinajstić information content (AvgIpc) is 3.19. The molecule has 0 radical (unpaired) electrons. The number of ether oxygens (including phenoxy) is 6. The van der Waals surface area contributed by atoms with Crippen LogP contribution in [0, 0.1) is 11.8 Å². The van der Waals surface area contributed by atoms with Crippen LogP contribution in [0.25, 0.3) is 0 Å². The lowest BCUT2D eigenvalue weighted by Crippen LogP contribution is -2.27. The normalized spacial score (nSPS) is 11.7. The molecule has 0 fully saturated rings. The van der Waals surface area contributed by atoms with Crippen LogP contribution < -0.4 is 9.47 Å². The van der Waals surface area contributed by atoms with Gasteiger partial charge in [-0.25, -0.2) is 0 Å². The van der Waals surface area contributed by atoms with E-state index < -0.39 is 0 Å². The maximum absolute atomic E-state index is 12.6. The number of rotatable bonds is 38. The Morgan fingerprint density at radius 2 is 0.724 bits per heavy atom. The fourth-order valence-corrected chi connectivity index (χ4v) is 6.24. The molecule has 1 aromatic rings. The van der Waals surface area contributed by atoms with Gasteiger partial charge in [-0.05, 0) is 57.5 Å². The first-order chi connectivity index (χ1) is 28.1. The summed E-state index contributed by atoms with van der Waals surface area (Å²) in [6, 6.07) is 5.66. The summed E-state index contributed by atoms with van der Waals surface area (Å²) in [5.41, 5.74) is 0.950. The lowest BCUT2D eigenvalue weighted by molar-refractivity contribution is -0.151. The smallest absolute Gasteiger partial charge is 0.305 e. The van der Waals surface area contributed by atoms with Crippen LogP contribution in [0.1, 0.15) is 175 Å². The van der Waals surface area contributed by atoms with Crippen LogP contribution >= 0.6 is 0 Å². The van der Waals surface area contributed by atoms with Gasteiger partial charge in [0, 0.05) is 38.3 Å². The quantitative estimate of drug-likeness (QED) is 0.0359. The Labute approximate surface area is 351 Å². The van der Waals surface area contributed by atoms with Gasteiger partial charge in [0.2, 0.25) is 0 Å². The van der Waals surface area contributed by atoms with Crippen molar-refractivity contribution in [2.45, 2.75) is 175 Å². The topological polar surface area (TPSA) is 127 Å². The fraction of sp³-hybridized carbons (Fsp3) is 0.787. The Hall–Kier alpha value is -3.34. The molecule has 1 rings (SSSR count). The lowest BCUT2D eigenvalue weighted by atomic mass is 10.1. The molecule has 0 aliphatic rings. The fourth-order valence-electron chi connectivity index (χ4n) is 6.24. The second-order valence-corrected chi connectivity index (χ2v) is 16.1. The highest BCUT2D eigenvalue weighted by molar-refractivity contribution is 5.70. The number of benzene rings is 1. The first-order valence-electron chi connectivity index (χ1n) is 22.8. The number of hydrogen-bond donors (Lipinski definition) is 0. The van der Waals surface area contributed by atoms with Gasteiger partial charge in [-0.3, -0.25) is 19.2 Å². The number of carbonyl (C=O) groups excluding carboxylic acids is 4. The third-order valence-corrected chi connectivity index (χ3v) is 9.77. The summed E-state index contributed by atoms with van der Waals surface area (Å²) in [7, 11) is 3.95. The van der Waals surface area contributed by atoms with E-state index in [0.717, 1.165) is 121 Å². The first kappa shape index (κ1) is 52.7. The number of carbonyl (C=O) groups is 4. The van der Waals surface area contributed by atoms with Crippen LogP contribution in [0.2, 0.25) is 0 Å². The van der Waals surface area contributed by atoms with E-state index in [1.807, 2.05) is 31.1 Å². The summed E-state index contributed by atoms with van der Waals surface area (Å²) in [6.07, 6.45) is 19.7. The van der Waals surface area contributed by atoms with E-state index in [0.29, 0.717) is 43.7 Å². The Kier molecular flexibility index (Phi) is 32.3. The van der Waals surface area contributed by atoms with E-state index in [1.54, 1.807) is 6.07 Å². The Morgan fingerprint density at radius 3 is 1.03 bits per heavy atom. The molecule has 0 amide bonds. The molecule has 0 N–H and O–H groups in total. The van der Waals surface area contributed by atoms with Crippen molar-refractivity contribution < 1.29 is 47.6 Å². The summed E-state index contributed by atoms with van der Waals surface area (Å²) >= 11 is 0. The van der Waals surface area contributed by atoms with Gasteiger partial charge in [0.1, 0.15) is 37.9 Å². The highest BCUT2D eigenvalue weighted by Crippen LogP contribution is 2.25. The van der Waals surface area contributed by atoms with Crippen molar-refractivity contribution in [3.63, 3.8) is 0 Å². The van der Waals surface area contributed by atoms with Crippen LogP contribution in [0.5, 0.6) is 11.5 Å². The van der Waals surface area contributed by atoms with Crippen molar-refractivity contribution in [3.05, 3.63) is 23.8 Å². The SMILES string of the molecule is CCCCCCCC(=O)OCC(COC(=O)CCCCC)COc1cc(CN(C)C)cc(OCC(COC(=O)CCCCCCC)COC(=O)CCCCCCC)c1. The van der Waals surface area contributed by atoms with E-state index in [2.05, 4.69) is 27.7 Å². The molecule has 11 heteroatoms. The summed E-state index contributed by atoms with van der Waals surface area (Å²) in [4.78, 5) is 52.3. The molecule has 58 heavy (non-hydrogen) atoms. The van der Waals surface area contributed by atoms with Gasteiger partial charge in [0.25, 0.3) is 0 Å². The largest absolute Gasteiger partial charge is 0.493 e. The molecule has 0 spiro atoms. The highest BCUT2D eigenvalue weighted by Gasteiger charge is 2.19. The Balaban J connectivity index is 3.03. The van der Waals surface area contributed by atoms with Crippen LogP contribution in [-0.2, 0) is 44.7 Å². The minimum Gasteiger partial charge on any atom is -0.493 e. The lowest BCUT2D eigenvalue weighted by Gasteiger charge is -2.21. The van der Waals surface area contributed by atoms with Crippen molar-refractivity contribution in [1.82, 2.24) is 4.90 Å². The summed E-state index contributed by atoms with van der Waals surface area (Å²) < 4.78 is 35.1. The van der Waals surface area contributed by atoms with Gasteiger partial charge in [0.15, 0.2) is 0 Å². The minimum atomic E-state index is -0.368. The first-order valence-corrected chi connectivity index (χ1v) is 22.8. The molecule has 0 heterocycles. The minimum absolute atomic E-state index is 0.0755. The van der Waals surface area contributed by atoms with Crippen LogP contribution in [0.15, 0.2) is 18.2 Å². The van der Waals surface area contributed by atoms with Crippen molar-refractivity contribution >= 4 is 23.9 Å². The number of nitrogens with zero attached hydrogens (tertiary/aromatic N) is 1. The van der Waals surface area contributed by atoms with Gasteiger partial charge >= 0.3 is 23.9 Å². The van der Waals surface area contributed by atoms with Crippen LogP contribution in [-0.4, -0.2) is 82.5 Å². The highest BCUT2D eigenvalue weighted by atomic mass is 16.6. The maximum Gasteiger partial charge on any atom is 0.305 e. The molecular formula is C47H81NO10. The molecule has 334 valence electrons. The number of hydrogen-bond acceptors (Lipinski definition) is 11. The summed E-state index contributed by atoms with van der Waals surface area (Å²) in [5, 5.41) is 0. The van der Waals surface area contributed by atoms with E-state index in [-0.39, 0.29) is 75.4 Å². The van der Waals surface area contributed by atoms with Crippen molar-refractivity contribution in [2.75, 3.05) is 53.7 Å². The molecular weight excluding hydrogens is 739 g/mol. The second-order valence-electron chi connectivity index (χ2n) is 16.1. The molecule has 0 bridgehead atoms. The van der Waals surface area contributed by atoms with Gasteiger partial charge in [0.05, 0.1) is 25.0 Å². The van der Waals surface area contributed by atoms with Crippen molar-refractivity contribution in [3.8, 4) is 11.5 Å². The van der Waals surface area contributed by atoms with Crippen molar-refractivity contribution in [2.24, 2.45) is 11.8 Å². The second kappa shape index (κ2) is 35.6. The van der Waals surface area contributed by atoms with Gasteiger partial charge in [-0.2, -0.15) is 0 Å². The molecule has 1 aromatic carbocycles. The molecule has 0 aliphatic carbocycles. The molecule has 1 atom stereocenters. The Bertz CT molecular complexity index is 1190. The average molecular weight is 820 g/mol. The van der Waals surface area contributed by atoms with E-state index in [4.69, 9.17) is 28.4 Å². The predicted molar refractivity (Wildman–Crippen MR) is 230 cm³/mol. The van der Waals surface area contributed by atoms with Crippen LogP contribution in [0.4, 0.5) is 0 Å². The predicted octanol–water partition coefficient (Wildman–Crippen LogP) is 10.6. The zero-order chi connectivity index (χ0) is 42.6. The van der Waals surface area contributed by atoms with Gasteiger partial charge in [-0.15, -0.1) is 0 Å². The van der Waals surface area contributed by atoms with E-state index >= 15 is 0 Å². The third-order valence-electron chi connectivity index (χ3n) is 9.77. The van der Waals surface area contributed by atoms with Crippen molar-refractivity contribution in [1.29, 1.82) is 0 Å². The van der Waals surface area contributed by atoms with Crippen LogP contribution in [0.3, 0.4) is 0 Å². The van der Waals surface area contributed by atoms with E-state index in [9.17, 15) is 19.2 Å². The number of esters is 4. The molecule has 0 aromatic heterocycles. The maximum atomic E-state index is 12.6. The zero-order valence-corrected chi connectivity index (χ0v) is 37.4. The van der Waals surface area contributed by atoms with Gasteiger partial charge < -0.3 is 33.3 Å². The molecule has 0 aliphatic heterocycles. The molecule has 0 saturated heterocycles. The molecule has 0 saturated carbocycles. The zero-order valence-electron chi connectivity index (χ0n) is 37.4. The van der Waals surface area contributed by atoms with E-state index in [1.165, 1.54) is 0 Å². The van der Waals surface area contributed by atoms with Gasteiger partial charge in [-0.1, -0.05) is 118 Å². The monoisotopic (exact) mass is 820 g/mol. The molecule has 1 unspecified atom stereocenters. The Morgan fingerprint density at radius 1 is 0.431 bits per heavy atom. The standard InChI is InChI=1S/C47H81NO10/c1-7-11-15-18-22-26-45(50)56-36-40(35-55-44(49)25-21-14-10-4)33-53-42-29-39(32-48(5)6)30-43(31-42)54-34-41(37-57-46(51)27-23-19-16-12-8-2)38-58-47(52)28-24-20-17-13-9-3/h29-31,40-41H,7-28,32-38H2,1-6H3.